The predicted molar refractivity (Wildman–Crippen MR) is 157 cm³/mol. The fraction of sp³-hybridized carbons (Fsp3) is 0.312. The summed E-state index contributed by atoms with van der Waals surface area (Å²) in [6.45, 7) is 9.56. The van der Waals surface area contributed by atoms with Gasteiger partial charge in [0.1, 0.15) is 10.7 Å². The van der Waals surface area contributed by atoms with Gasteiger partial charge in [0.15, 0.2) is 23.0 Å². The third kappa shape index (κ3) is 6.47. The number of fused-ring (bicyclic) bond motifs is 2. The van der Waals surface area contributed by atoms with Gasteiger partial charge in [0.2, 0.25) is 13.6 Å². The van der Waals surface area contributed by atoms with Crippen LogP contribution in [0.2, 0.25) is 0 Å². The first-order valence-corrected chi connectivity index (χ1v) is 14.5. The van der Waals surface area contributed by atoms with Gasteiger partial charge in [-0.3, -0.25) is 9.69 Å². The van der Waals surface area contributed by atoms with E-state index in [0.29, 0.717) is 31.1 Å². The van der Waals surface area contributed by atoms with Gasteiger partial charge in [0, 0.05) is 25.0 Å². The molecular formula is C32H33N3O5S. The fourth-order valence-electron chi connectivity index (χ4n) is 4.84. The third-order valence-electron chi connectivity index (χ3n) is 7.10. The molecule has 0 atom stereocenters. The molecule has 0 bridgehead atoms. The molecule has 2 aliphatic rings. The highest BCUT2D eigenvalue weighted by Gasteiger charge is 2.19. The van der Waals surface area contributed by atoms with Crippen LogP contribution in [0.5, 0.6) is 23.0 Å². The minimum atomic E-state index is -0.203. The van der Waals surface area contributed by atoms with Gasteiger partial charge in [-0.15, -0.1) is 11.3 Å². The van der Waals surface area contributed by atoms with Crippen molar-refractivity contribution >= 4 is 17.2 Å². The summed E-state index contributed by atoms with van der Waals surface area (Å²) >= 11 is 1.50. The number of amides is 1. The number of rotatable bonds is 9. The zero-order valence-corrected chi connectivity index (χ0v) is 24.3. The van der Waals surface area contributed by atoms with Crippen LogP contribution in [0.1, 0.15) is 58.5 Å². The first-order valence-electron chi connectivity index (χ1n) is 13.6. The average Bonchev–Trinajstić information content (AvgIpc) is 3.72. The molecule has 1 N–H and O–H groups in total. The van der Waals surface area contributed by atoms with E-state index in [-0.39, 0.29) is 24.9 Å². The van der Waals surface area contributed by atoms with Crippen molar-refractivity contribution in [3.63, 3.8) is 0 Å². The van der Waals surface area contributed by atoms with E-state index in [1.807, 2.05) is 35.7 Å². The molecule has 0 unspecified atom stereocenters. The molecule has 1 aromatic heterocycles. The van der Waals surface area contributed by atoms with Crippen LogP contribution in [0, 0.1) is 0 Å². The van der Waals surface area contributed by atoms with E-state index in [4.69, 9.17) is 18.9 Å². The van der Waals surface area contributed by atoms with Crippen molar-refractivity contribution in [2.75, 3.05) is 13.6 Å². The molecule has 0 aliphatic carbocycles. The van der Waals surface area contributed by atoms with Gasteiger partial charge in [0.25, 0.3) is 5.91 Å². The second-order valence-electron chi connectivity index (χ2n) is 11.3. The SMILES string of the molecule is CC(C)(C)c1ccc(CN(Cc2ccc3c(c2)OCO3)Cc2nc(C(=O)NCc3ccc4c(c3)OCO4)cs2)cc1. The minimum Gasteiger partial charge on any atom is -0.454 e. The highest BCUT2D eigenvalue weighted by molar-refractivity contribution is 7.09. The number of aromatic nitrogens is 1. The molecular weight excluding hydrogens is 538 g/mol. The van der Waals surface area contributed by atoms with Crippen molar-refractivity contribution in [1.29, 1.82) is 0 Å². The molecule has 0 radical (unpaired) electrons. The molecule has 0 spiro atoms. The number of carbonyl (C=O) groups is 1. The van der Waals surface area contributed by atoms with Crippen molar-refractivity contribution in [2.24, 2.45) is 0 Å². The second kappa shape index (κ2) is 11.4. The van der Waals surface area contributed by atoms with Crippen molar-refractivity contribution in [3.05, 3.63) is 99.0 Å². The number of nitrogens with one attached hydrogen (secondary N) is 1. The number of hydrogen-bond donors (Lipinski definition) is 1. The van der Waals surface area contributed by atoms with Crippen LogP contribution in [-0.2, 0) is 31.6 Å². The number of benzene rings is 3. The standard InChI is InChI=1S/C32H33N3O5S/c1-32(2,3)24-8-4-21(5-9-24)15-35(16-23-7-11-27-29(13-23)40-20-38-27)17-30-34-25(18-41-30)31(36)33-14-22-6-10-26-28(12-22)39-19-37-26/h4-13,18H,14-17,19-20H2,1-3H3,(H,33,36). The van der Waals surface area contributed by atoms with Gasteiger partial charge >= 0.3 is 0 Å². The van der Waals surface area contributed by atoms with Crippen LogP contribution in [0.3, 0.4) is 0 Å². The second-order valence-corrected chi connectivity index (χ2v) is 12.2. The number of ether oxygens (including phenoxy) is 4. The summed E-state index contributed by atoms with van der Waals surface area (Å²) in [6, 6.07) is 20.5. The van der Waals surface area contributed by atoms with E-state index >= 15 is 0 Å². The molecule has 1 amide bonds. The third-order valence-corrected chi connectivity index (χ3v) is 7.94. The monoisotopic (exact) mass is 571 g/mol. The van der Waals surface area contributed by atoms with Crippen molar-refractivity contribution in [3.8, 4) is 23.0 Å². The Kier molecular flexibility index (Phi) is 7.55. The topological polar surface area (TPSA) is 82.2 Å². The summed E-state index contributed by atoms with van der Waals surface area (Å²) in [5.74, 6) is 2.76. The quantitative estimate of drug-likeness (QED) is 0.263. The van der Waals surface area contributed by atoms with Crippen molar-refractivity contribution in [2.45, 2.75) is 52.4 Å². The Hall–Kier alpha value is -4.08. The van der Waals surface area contributed by atoms with Crippen LogP contribution >= 0.6 is 11.3 Å². The van der Waals surface area contributed by atoms with E-state index in [1.165, 1.54) is 22.5 Å². The number of carbonyl (C=O) groups excluding carboxylic acids is 1. The van der Waals surface area contributed by atoms with Gasteiger partial charge in [-0.2, -0.15) is 0 Å². The highest BCUT2D eigenvalue weighted by atomic mass is 32.1. The van der Waals surface area contributed by atoms with Gasteiger partial charge < -0.3 is 24.3 Å². The molecule has 0 saturated heterocycles. The molecule has 3 heterocycles. The van der Waals surface area contributed by atoms with Crippen molar-refractivity contribution in [1.82, 2.24) is 15.2 Å². The number of thiazole rings is 1. The highest BCUT2D eigenvalue weighted by Crippen LogP contribution is 2.34. The van der Waals surface area contributed by atoms with Gasteiger partial charge in [-0.05, 0) is 51.9 Å². The zero-order chi connectivity index (χ0) is 28.4. The Balaban J connectivity index is 1.14. The summed E-state index contributed by atoms with van der Waals surface area (Å²) < 4.78 is 21.9. The molecule has 3 aromatic carbocycles. The maximum absolute atomic E-state index is 12.9. The minimum absolute atomic E-state index is 0.102. The number of nitrogens with zero attached hydrogens (tertiary/aromatic N) is 2. The molecule has 9 heteroatoms. The Morgan fingerprint density at radius 2 is 1.39 bits per heavy atom. The van der Waals surface area contributed by atoms with Crippen LogP contribution in [0.25, 0.3) is 0 Å². The maximum atomic E-state index is 12.9. The normalized spacial score (nSPS) is 13.6. The molecule has 8 nitrogen and oxygen atoms in total. The van der Waals surface area contributed by atoms with Crippen LogP contribution in [0.4, 0.5) is 0 Å². The molecule has 2 aliphatic heterocycles. The number of hydrogen-bond acceptors (Lipinski definition) is 8. The summed E-state index contributed by atoms with van der Waals surface area (Å²) in [7, 11) is 0. The summed E-state index contributed by atoms with van der Waals surface area (Å²) in [5, 5.41) is 5.66. The lowest BCUT2D eigenvalue weighted by Crippen LogP contribution is -2.24. The molecule has 212 valence electrons. The van der Waals surface area contributed by atoms with Gasteiger partial charge in [0.05, 0.1) is 6.54 Å². The van der Waals surface area contributed by atoms with E-state index in [0.717, 1.165) is 39.9 Å². The maximum Gasteiger partial charge on any atom is 0.271 e. The van der Waals surface area contributed by atoms with Crippen molar-refractivity contribution < 1.29 is 23.7 Å². The van der Waals surface area contributed by atoms with E-state index < -0.39 is 0 Å². The largest absolute Gasteiger partial charge is 0.454 e. The Labute approximate surface area is 243 Å². The molecule has 6 rings (SSSR count). The van der Waals surface area contributed by atoms with Crippen LogP contribution in [0.15, 0.2) is 66.0 Å². The average molecular weight is 572 g/mol. The van der Waals surface area contributed by atoms with Crippen LogP contribution in [-0.4, -0.2) is 29.4 Å². The van der Waals surface area contributed by atoms with Crippen LogP contribution < -0.4 is 24.3 Å². The lowest BCUT2D eigenvalue weighted by atomic mass is 9.87. The molecule has 0 saturated carbocycles. The lowest BCUT2D eigenvalue weighted by Gasteiger charge is -2.23. The molecule has 41 heavy (non-hydrogen) atoms. The Morgan fingerprint density at radius 3 is 2.07 bits per heavy atom. The van der Waals surface area contributed by atoms with Gasteiger partial charge in [-0.1, -0.05) is 57.2 Å². The summed E-state index contributed by atoms with van der Waals surface area (Å²) in [6.07, 6.45) is 0. The molecule has 4 aromatic rings. The molecule has 0 fully saturated rings. The first-order chi connectivity index (χ1) is 19.8. The predicted octanol–water partition coefficient (Wildman–Crippen LogP) is 6.03. The summed E-state index contributed by atoms with van der Waals surface area (Å²) in [4.78, 5) is 19.9. The Bertz CT molecular complexity index is 1540. The van der Waals surface area contributed by atoms with E-state index in [1.54, 1.807) is 0 Å². The summed E-state index contributed by atoms with van der Waals surface area (Å²) in [5.41, 5.74) is 5.11. The zero-order valence-electron chi connectivity index (χ0n) is 23.4. The smallest absolute Gasteiger partial charge is 0.271 e. The van der Waals surface area contributed by atoms with Gasteiger partial charge in [-0.25, -0.2) is 4.98 Å². The first kappa shape index (κ1) is 27.1. The fourth-order valence-corrected chi connectivity index (χ4v) is 5.65. The Morgan fingerprint density at radius 1 is 0.805 bits per heavy atom. The lowest BCUT2D eigenvalue weighted by molar-refractivity contribution is 0.0946. The van der Waals surface area contributed by atoms with E-state index in [9.17, 15) is 4.79 Å². The van der Waals surface area contributed by atoms with E-state index in [2.05, 4.69) is 66.3 Å².